The third kappa shape index (κ3) is 5.20. The lowest BCUT2D eigenvalue weighted by Crippen LogP contribution is -2.42. The first-order chi connectivity index (χ1) is 10.2. The van der Waals surface area contributed by atoms with Gasteiger partial charge >= 0.3 is 0 Å². The fourth-order valence-corrected chi connectivity index (χ4v) is 3.60. The molecule has 1 heterocycles. The minimum Gasteiger partial charge on any atom is -0.339 e. The molecule has 114 valence electrons. The SMILES string of the molecule is CC(=O)CC1CCCCCN1C(=O)CSc1ccccc1. The summed E-state index contributed by atoms with van der Waals surface area (Å²) in [6.45, 7) is 2.42. The summed E-state index contributed by atoms with van der Waals surface area (Å²) in [4.78, 5) is 27.0. The Morgan fingerprint density at radius 1 is 1.19 bits per heavy atom. The normalized spacial score (nSPS) is 19.1. The lowest BCUT2D eigenvalue weighted by Gasteiger charge is -2.29. The topological polar surface area (TPSA) is 37.4 Å². The molecule has 0 bridgehead atoms. The van der Waals surface area contributed by atoms with Gasteiger partial charge in [0.25, 0.3) is 0 Å². The Bertz CT molecular complexity index is 475. The van der Waals surface area contributed by atoms with E-state index in [2.05, 4.69) is 0 Å². The molecule has 0 spiro atoms. The molecule has 1 saturated heterocycles. The van der Waals surface area contributed by atoms with Crippen molar-refractivity contribution in [2.75, 3.05) is 12.3 Å². The molecule has 1 fully saturated rings. The van der Waals surface area contributed by atoms with Crippen LogP contribution in [0.3, 0.4) is 0 Å². The second-order valence-electron chi connectivity index (χ2n) is 5.60. The van der Waals surface area contributed by atoms with Gasteiger partial charge in [-0.05, 0) is 31.9 Å². The highest BCUT2D eigenvalue weighted by molar-refractivity contribution is 8.00. The van der Waals surface area contributed by atoms with E-state index in [0.717, 1.165) is 37.1 Å². The van der Waals surface area contributed by atoms with Gasteiger partial charge in [-0.3, -0.25) is 9.59 Å². The van der Waals surface area contributed by atoms with E-state index >= 15 is 0 Å². The van der Waals surface area contributed by atoms with Crippen LogP contribution in [0.25, 0.3) is 0 Å². The van der Waals surface area contributed by atoms with E-state index < -0.39 is 0 Å². The molecule has 0 N–H and O–H groups in total. The van der Waals surface area contributed by atoms with Crippen molar-refractivity contribution in [2.24, 2.45) is 0 Å². The van der Waals surface area contributed by atoms with Crippen molar-refractivity contribution in [1.29, 1.82) is 0 Å². The molecule has 1 aliphatic rings. The van der Waals surface area contributed by atoms with E-state index in [0.29, 0.717) is 12.2 Å². The second kappa shape index (κ2) is 8.23. The summed E-state index contributed by atoms with van der Waals surface area (Å²) in [6.07, 6.45) is 4.79. The van der Waals surface area contributed by atoms with Crippen molar-refractivity contribution in [3.63, 3.8) is 0 Å². The maximum atomic E-state index is 12.5. The number of rotatable bonds is 5. The number of nitrogens with zero attached hydrogens (tertiary/aromatic N) is 1. The molecule has 1 unspecified atom stereocenters. The van der Waals surface area contributed by atoms with Gasteiger partial charge in [-0.1, -0.05) is 31.0 Å². The molecular formula is C17H23NO2S. The summed E-state index contributed by atoms with van der Waals surface area (Å²) < 4.78 is 0. The Morgan fingerprint density at radius 2 is 1.95 bits per heavy atom. The molecule has 3 nitrogen and oxygen atoms in total. The van der Waals surface area contributed by atoms with Crippen LogP contribution < -0.4 is 0 Å². The number of carbonyl (C=O) groups is 2. The van der Waals surface area contributed by atoms with Gasteiger partial charge in [0.1, 0.15) is 5.78 Å². The van der Waals surface area contributed by atoms with Crippen molar-refractivity contribution in [1.82, 2.24) is 4.90 Å². The van der Waals surface area contributed by atoms with E-state index in [1.807, 2.05) is 35.2 Å². The first-order valence-electron chi connectivity index (χ1n) is 7.63. The molecule has 4 heteroatoms. The van der Waals surface area contributed by atoms with Crippen LogP contribution in [-0.4, -0.2) is 34.9 Å². The fraction of sp³-hybridized carbons (Fsp3) is 0.529. The molecular weight excluding hydrogens is 282 g/mol. The molecule has 1 atom stereocenters. The zero-order valence-corrected chi connectivity index (χ0v) is 13.4. The van der Waals surface area contributed by atoms with Crippen molar-refractivity contribution in [3.05, 3.63) is 30.3 Å². The predicted molar refractivity (Wildman–Crippen MR) is 86.4 cm³/mol. The molecule has 1 aliphatic heterocycles. The molecule has 1 aromatic carbocycles. The van der Waals surface area contributed by atoms with Crippen LogP contribution in [0.15, 0.2) is 35.2 Å². The highest BCUT2D eigenvalue weighted by Crippen LogP contribution is 2.23. The summed E-state index contributed by atoms with van der Waals surface area (Å²) >= 11 is 1.57. The summed E-state index contributed by atoms with van der Waals surface area (Å²) in [5.41, 5.74) is 0. The Labute approximate surface area is 131 Å². The summed E-state index contributed by atoms with van der Waals surface area (Å²) in [5, 5.41) is 0. The molecule has 0 radical (unpaired) electrons. The molecule has 1 aromatic rings. The van der Waals surface area contributed by atoms with Gasteiger partial charge in [-0.2, -0.15) is 0 Å². The molecule has 1 amide bonds. The minimum atomic E-state index is 0.105. The van der Waals surface area contributed by atoms with Crippen LogP contribution in [0.5, 0.6) is 0 Å². The van der Waals surface area contributed by atoms with Crippen molar-refractivity contribution in [3.8, 4) is 0 Å². The number of thioether (sulfide) groups is 1. The fourth-order valence-electron chi connectivity index (χ4n) is 2.79. The van der Waals surface area contributed by atoms with Crippen LogP contribution in [0.4, 0.5) is 0 Å². The van der Waals surface area contributed by atoms with Gasteiger partial charge in [0, 0.05) is 23.9 Å². The van der Waals surface area contributed by atoms with Crippen molar-refractivity contribution in [2.45, 2.75) is 50.0 Å². The van der Waals surface area contributed by atoms with Crippen LogP contribution in [-0.2, 0) is 9.59 Å². The van der Waals surface area contributed by atoms with E-state index in [1.165, 1.54) is 0 Å². The third-order valence-corrected chi connectivity index (χ3v) is 4.82. The summed E-state index contributed by atoms with van der Waals surface area (Å²) in [7, 11) is 0. The summed E-state index contributed by atoms with van der Waals surface area (Å²) in [6, 6.07) is 10.1. The van der Waals surface area contributed by atoms with E-state index in [4.69, 9.17) is 0 Å². The highest BCUT2D eigenvalue weighted by Gasteiger charge is 2.26. The van der Waals surface area contributed by atoms with Crippen LogP contribution >= 0.6 is 11.8 Å². The molecule has 2 rings (SSSR count). The Morgan fingerprint density at radius 3 is 2.67 bits per heavy atom. The maximum Gasteiger partial charge on any atom is 0.233 e. The van der Waals surface area contributed by atoms with Crippen molar-refractivity contribution < 1.29 is 9.59 Å². The van der Waals surface area contributed by atoms with Gasteiger partial charge in [0.2, 0.25) is 5.91 Å². The lowest BCUT2D eigenvalue weighted by atomic mass is 10.0. The number of benzene rings is 1. The van der Waals surface area contributed by atoms with Crippen LogP contribution in [0.1, 0.15) is 39.0 Å². The Hall–Kier alpha value is -1.29. The standard InChI is InChI=1S/C17H23NO2S/c1-14(19)12-15-8-4-3-7-11-18(15)17(20)13-21-16-9-5-2-6-10-16/h2,5-6,9-10,15H,3-4,7-8,11-13H2,1H3. The number of carbonyl (C=O) groups excluding carboxylic acids is 2. The first-order valence-corrected chi connectivity index (χ1v) is 8.62. The van der Waals surface area contributed by atoms with Crippen LogP contribution in [0, 0.1) is 0 Å². The zero-order valence-electron chi connectivity index (χ0n) is 12.6. The molecule has 0 aromatic heterocycles. The van der Waals surface area contributed by atoms with Crippen LogP contribution in [0.2, 0.25) is 0 Å². The zero-order chi connectivity index (χ0) is 15.1. The van der Waals surface area contributed by atoms with E-state index in [-0.39, 0.29) is 17.7 Å². The number of hydrogen-bond acceptors (Lipinski definition) is 3. The predicted octanol–water partition coefficient (Wildman–Crippen LogP) is 3.53. The molecule has 0 saturated carbocycles. The van der Waals surface area contributed by atoms with E-state index in [1.54, 1.807) is 18.7 Å². The third-order valence-electron chi connectivity index (χ3n) is 3.83. The highest BCUT2D eigenvalue weighted by atomic mass is 32.2. The number of likely N-dealkylation sites (tertiary alicyclic amines) is 1. The van der Waals surface area contributed by atoms with Gasteiger partial charge in [0.05, 0.1) is 5.75 Å². The number of amides is 1. The minimum absolute atomic E-state index is 0.105. The lowest BCUT2D eigenvalue weighted by molar-refractivity contribution is -0.131. The largest absolute Gasteiger partial charge is 0.339 e. The maximum absolute atomic E-state index is 12.5. The van der Waals surface area contributed by atoms with Gasteiger partial charge in [-0.25, -0.2) is 0 Å². The average Bonchev–Trinajstić information content (AvgIpc) is 2.71. The first kappa shape index (κ1) is 16.1. The smallest absolute Gasteiger partial charge is 0.233 e. The van der Waals surface area contributed by atoms with Gasteiger partial charge < -0.3 is 4.90 Å². The van der Waals surface area contributed by atoms with E-state index in [9.17, 15) is 9.59 Å². The quantitative estimate of drug-likeness (QED) is 0.781. The van der Waals surface area contributed by atoms with Gasteiger partial charge in [-0.15, -0.1) is 11.8 Å². The number of ketones is 1. The van der Waals surface area contributed by atoms with Crippen molar-refractivity contribution >= 4 is 23.5 Å². The Kier molecular flexibility index (Phi) is 6.30. The monoisotopic (exact) mass is 305 g/mol. The molecule has 0 aliphatic carbocycles. The number of Topliss-reactive ketones (excluding diaryl/α,β-unsaturated/α-hetero) is 1. The second-order valence-corrected chi connectivity index (χ2v) is 6.65. The van der Waals surface area contributed by atoms with Gasteiger partial charge in [0.15, 0.2) is 0 Å². The summed E-state index contributed by atoms with van der Waals surface area (Å²) in [5.74, 6) is 0.797. The molecule has 21 heavy (non-hydrogen) atoms. The average molecular weight is 305 g/mol. The Balaban J connectivity index is 1.95. The number of hydrogen-bond donors (Lipinski definition) is 0.